The lowest BCUT2D eigenvalue weighted by Gasteiger charge is -2.07. The maximum atomic E-state index is 9.17. The first-order chi connectivity index (χ1) is 8.65. The number of rotatable bonds is 4. The van der Waals surface area contributed by atoms with E-state index < -0.39 is 0 Å². The van der Waals surface area contributed by atoms with Crippen LogP contribution in [0.5, 0.6) is 5.75 Å². The van der Waals surface area contributed by atoms with Gasteiger partial charge in [-0.05, 0) is 46.1 Å². The summed E-state index contributed by atoms with van der Waals surface area (Å²) < 4.78 is 0.858. The number of aromatic hydroxyl groups is 1. The summed E-state index contributed by atoms with van der Waals surface area (Å²) in [7, 11) is 0. The maximum absolute atomic E-state index is 9.17. The number of phenols is 1. The molecule has 1 aromatic carbocycles. The van der Waals surface area contributed by atoms with Crippen LogP contribution in [0, 0.1) is 0 Å². The second-order valence-corrected chi connectivity index (χ2v) is 5.15. The second-order valence-electron chi connectivity index (χ2n) is 3.83. The molecule has 0 fully saturated rings. The van der Waals surface area contributed by atoms with Crippen LogP contribution in [0.1, 0.15) is 5.56 Å². The highest BCUT2D eigenvalue weighted by Crippen LogP contribution is 2.22. The Balaban J connectivity index is 1.90. The molecule has 0 saturated heterocycles. The first kappa shape index (κ1) is 13.2. The molecule has 94 valence electrons. The maximum Gasteiger partial charge on any atom is 0.144 e. The Labute approximate surface area is 119 Å². The topological polar surface area (TPSA) is 45.1 Å². The van der Waals surface area contributed by atoms with Gasteiger partial charge in [-0.1, -0.05) is 23.7 Å². The third kappa shape index (κ3) is 3.62. The molecule has 1 heterocycles. The molecule has 0 atom stereocenters. The number of anilines is 1. The lowest BCUT2D eigenvalue weighted by molar-refractivity contribution is 0.475. The lowest BCUT2D eigenvalue weighted by Crippen LogP contribution is -2.06. The molecule has 2 rings (SSSR count). The van der Waals surface area contributed by atoms with Crippen LogP contribution in [-0.4, -0.2) is 16.6 Å². The van der Waals surface area contributed by atoms with E-state index in [1.165, 1.54) is 0 Å². The Hall–Kier alpha value is -1.26. The summed E-state index contributed by atoms with van der Waals surface area (Å²) in [4.78, 5) is 4.19. The highest BCUT2D eigenvalue weighted by atomic mass is 79.9. The SMILES string of the molecule is Oc1ccc(CCNc2ncc(Br)cc2Cl)cc1. The van der Waals surface area contributed by atoms with Crippen molar-refractivity contribution in [3.05, 3.63) is 51.6 Å². The monoisotopic (exact) mass is 326 g/mol. The van der Waals surface area contributed by atoms with E-state index in [0.717, 1.165) is 23.0 Å². The van der Waals surface area contributed by atoms with E-state index in [-0.39, 0.29) is 5.75 Å². The molecule has 0 spiro atoms. The van der Waals surface area contributed by atoms with Crippen molar-refractivity contribution in [2.75, 3.05) is 11.9 Å². The third-order valence-electron chi connectivity index (χ3n) is 2.45. The predicted octanol–water partition coefficient (Wildman–Crippen LogP) is 3.86. The fraction of sp³-hybridized carbons (Fsp3) is 0.154. The van der Waals surface area contributed by atoms with Gasteiger partial charge in [-0.15, -0.1) is 0 Å². The van der Waals surface area contributed by atoms with Gasteiger partial charge in [-0.25, -0.2) is 4.98 Å². The van der Waals surface area contributed by atoms with E-state index in [1.54, 1.807) is 24.4 Å². The van der Waals surface area contributed by atoms with Gasteiger partial charge < -0.3 is 10.4 Å². The molecule has 0 radical (unpaired) electrons. The molecule has 18 heavy (non-hydrogen) atoms. The van der Waals surface area contributed by atoms with Crippen LogP contribution in [0.15, 0.2) is 41.0 Å². The highest BCUT2D eigenvalue weighted by molar-refractivity contribution is 9.10. The van der Waals surface area contributed by atoms with Gasteiger partial charge in [0.1, 0.15) is 11.6 Å². The molecule has 3 nitrogen and oxygen atoms in total. The summed E-state index contributed by atoms with van der Waals surface area (Å²) in [5, 5.41) is 12.9. The van der Waals surface area contributed by atoms with Crippen LogP contribution in [0.25, 0.3) is 0 Å². The zero-order valence-electron chi connectivity index (χ0n) is 9.53. The molecule has 5 heteroatoms. The quantitative estimate of drug-likeness (QED) is 0.896. The van der Waals surface area contributed by atoms with Gasteiger partial charge in [0.15, 0.2) is 0 Å². The molecule has 2 aromatic rings. The van der Waals surface area contributed by atoms with Crippen molar-refractivity contribution < 1.29 is 5.11 Å². The molecule has 1 aromatic heterocycles. The van der Waals surface area contributed by atoms with Gasteiger partial charge in [0.05, 0.1) is 5.02 Å². The standard InChI is InChI=1S/C13H12BrClN2O/c14-10-7-12(15)13(17-8-10)16-6-5-9-1-3-11(18)4-2-9/h1-4,7-8,18H,5-6H2,(H,16,17). The molecule has 0 aliphatic heterocycles. The Morgan fingerprint density at radius 3 is 2.67 bits per heavy atom. The predicted molar refractivity (Wildman–Crippen MR) is 77.2 cm³/mol. The number of phenolic OH excluding ortho intramolecular Hbond substituents is 1. The zero-order valence-corrected chi connectivity index (χ0v) is 11.9. The molecule has 0 bridgehead atoms. The third-order valence-corrected chi connectivity index (χ3v) is 3.17. The van der Waals surface area contributed by atoms with Crippen LogP contribution < -0.4 is 5.32 Å². The number of halogens is 2. The Bertz CT molecular complexity index is 531. The smallest absolute Gasteiger partial charge is 0.144 e. The van der Waals surface area contributed by atoms with Gasteiger partial charge in [0.2, 0.25) is 0 Å². The minimum Gasteiger partial charge on any atom is -0.508 e. The Morgan fingerprint density at radius 1 is 1.28 bits per heavy atom. The number of nitrogens with one attached hydrogen (secondary N) is 1. The molecular formula is C13H12BrClN2O. The van der Waals surface area contributed by atoms with Crippen molar-refractivity contribution in [2.45, 2.75) is 6.42 Å². The van der Waals surface area contributed by atoms with Crippen molar-refractivity contribution in [1.82, 2.24) is 4.98 Å². The summed E-state index contributed by atoms with van der Waals surface area (Å²) in [6.45, 7) is 0.735. The number of hydrogen-bond donors (Lipinski definition) is 2. The van der Waals surface area contributed by atoms with Crippen LogP contribution in [-0.2, 0) is 6.42 Å². The number of aromatic nitrogens is 1. The fourth-order valence-corrected chi connectivity index (χ4v) is 2.23. The van der Waals surface area contributed by atoms with Crippen molar-refractivity contribution in [2.24, 2.45) is 0 Å². The van der Waals surface area contributed by atoms with E-state index in [9.17, 15) is 5.11 Å². The molecule has 0 amide bonds. The average Bonchev–Trinajstić information content (AvgIpc) is 2.34. The molecule has 0 unspecified atom stereocenters. The van der Waals surface area contributed by atoms with E-state index >= 15 is 0 Å². The number of hydrogen-bond acceptors (Lipinski definition) is 3. The minimum absolute atomic E-state index is 0.282. The lowest BCUT2D eigenvalue weighted by atomic mass is 10.1. The van der Waals surface area contributed by atoms with Gasteiger partial charge in [-0.2, -0.15) is 0 Å². The van der Waals surface area contributed by atoms with E-state index in [1.807, 2.05) is 12.1 Å². The van der Waals surface area contributed by atoms with Crippen LogP contribution in [0.2, 0.25) is 5.02 Å². The van der Waals surface area contributed by atoms with Gasteiger partial charge in [0.25, 0.3) is 0 Å². The summed E-state index contributed by atoms with van der Waals surface area (Å²) in [5.74, 6) is 0.961. The van der Waals surface area contributed by atoms with Crippen molar-refractivity contribution in [3.8, 4) is 5.75 Å². The van der Waals surface area contributed by atoms with E-state index in [2.05, 4.69) is 26.2 Å². The number of pyridine rings is 1. The fourth-order valence-electron chi connectivity index (χ4n) is 1.53. The Kier molecular flexibility index (Phi) is 4.44. The summed E-state index contributed by atoms with van der Waals surface area (Å²) in [6, 6.07) is 8.96. The first-order valence-electron chi connectivity index (χ1n) is 5.48. The summed E-state index contributed by atoms with van der Waals surface area (Å²) in [5.41, 5.74) is 1.15. The van der Waals surface area contributed by atoms with Crippen LogP contribution in [0.3, 0.4) is 0 Å². The van der Waals surface area contributed by atoms with Gasteiger partial charge >= 0.3 is 0 Å². The normalized spacial score (nSPS) is 10.3. The summed E-state index contributed by atoms with van der Waals surface area (Å²) in [6.07, 6.45) is 2.54. The molecular weight excluding hydrogens is 316 g/mol. The zero-order chi connectivity index (χ0) is 13.0. The first-order valence-corrected chi connectivity index (χ1v) is 6.65. The van der Waals surface area contributed by atoms with Crippen molar-refractivity contribution >= 4 is 33.3 Å². The molecule has 0 aliphatic rings. The average molecular weight is 328 g/mol. The highest BCUT2D eigenvalue weighted by Gasteiger charge is 2.02. The molecule has 0 saturated carbocycles. The molecule has 2 N–H and O–H groups in total. The van der Waals surface area contributed by atoms with Crippen molar-refractivity contribution in [1.29, 1.82) is 0 Å². The Morgan fingerprint density at radius 2 is 2.00 bits per heavy atom. The molecule has 0 aliphatic carbocycles. The summed E-state index contributed by atoms with van der Waals surface area (Å²) >= 11 is 9.35. The van der Waals surface area contributed by atoms with E-state index in [0.29, 0.717) is 10.8 Å². The second kappa shape index (κ2) is 6.07. The van der Waals surface area contributed by atoms with Crippen LogP contribution >= 0.6 is 27.5 Å². The van der Waals surface area contributed by atoms with Crippen molar-refractivity contribution in [3.63, 3.8) is 0 Å². The number of benzene rings is 1. The van der Waals surface area contributed by atoms with Gasteiger partial charge in [0, 0.05) is 17.2 Å². The largest absolute Gasteiger partial charge is 0.508 e. The van der Waals surface area contributed by atoms with Crippen LogP contribution in [0.4, 0.5) is 5.82 Å². The number of nitrogens with zero attached hydrogens (tertiary/aromatic N) is 1. The minimum atomic E-state index is 0.282. The van der Waals surface area contributed by atoms with Gasteiger partial charge in [-0.3, -0.25) is 0 Å². The van der Waals surface area contributed by atoms with E-state index in [4.69, 9.17) is 11.6 Å².